The number of pyridine rings is 1. The van der Waals surface area contributed by atoms with Crippen LogP contribution in [-0.2, 0) is 11.8 Å². The lowest BCUT2D eigenvalue weighted by atomic mass is 9.87. The van der Waals surface area contributed by atoms with Crippen LogP contribution in [0, 0.1) is 0 Å². The molecule has 18 heavy (non-hydrogen) atoms. The average molecular weight is 246 g/mol. The second kappa shape index (κ2) is 4.71. The molecule has 3 heteroatoms. The van der Waals surface area contributed by atoms with E-state index in [0.29, 0.717) is 11.6 Å². The lowest BCUT2D eigenvalue weighted by Gasteiger charge is -2.21. The van der Waals surface area contributed by atoms with Crippen LogP contribution in [0.3, 0.4) is 0 Å². The normalized spacial score (nSPS) is 15.6. The third kappa shape index (κ3) is 2.89. The van der Waals surface area contributed by atoms with Crippen molar-refractivity contribution in [1.29, 1.82) is 0 Å². The molecular formula is C15H22N2O. The first-order valence-electron chi connectivity index (χ1n) is 6.72. The van der Waals surface area contributed by atoms with Crippen LogP contribution in [0.15, 0.2) is 12.3 Å². The number of nitrogens with zero attached hydrogens (tertiary/aromatic N) is 1. The number of nitrogens with one attached hydrogen (secondary N) is 1. The van der Waals surface area contributed by atoms with Gasteiger partial charge in [0.05, 0.1) is 5.56 Å². The Labute approximate surface area is 109 Å². The number of aromatic nitrogens is 1. The molecule has 0 saturated heterocycles. The summed E-state index contributed by atoms with van der Waals surface area (Å²) in [5.41, 5.74) is 2.97. The summed E-state index contributed by atoms with van der Waals surface area (Å²) in [6, 6.07) is 2.38. The molecule has 0 atom stereocenters. The van der Waals surface area contributed by atoms with Crippen molar-refractivity contribution >= 4 is 5.91 Å². The van der Waals surface area contributed by atoms with Crippen molar-refractivity contribution in [1.82, 2.24) is 10.3 Å². The predicted octanol–water partition coefficient (Wildman–Crippen LogP) is 2.83. The molecule has 1 aromatic heterocycles. The molecule has 1 heterocycles. The van der Waals surface area contributed by atoms with Crippen LogP contribution in [0.1, 0.15) is 62.2 Å². The molecule has 0 spiro atoms. The molecule has 0 bridgehead atoms. The van der Waals surface area contributed by atoms with Gasteiger partial charge in [0, 0.05) is 23.3 Å². The highest BCUT2D eigenvalue weighted by Gasteiger charge is 2.25. The van der Waals surface area contributed by atoms with Gasteiger partial charge in [0.2, 0.25) is 0 Å². The second-order valence-electron chi connectivity index (χ2n) is 6.08. The summed E-state index contributed by atoms with van der Waals surface area (Å²) in [6.45, 7) is 8.56. The fraction of sp³-hybridized carbons (Fsp3) is 0.600. The third-order valence-corrected chi connectivity index (χ3v) is 3.23. The number of aryl methyl sites for hydroxylation is 1. The zero-order valence-corrected chi connectivity index (χ0v) is 11.7. The van der Waals surface area contributed by atoms with Crippen LogP contribution in [0.25, 0.3) is 0 Å². The Morgan fingerprint density at radius 1 is 1.44 bits per heavy atom. The van der Waals surface area contributed by atoms with Gasteiger partial charge in [-0.2, -0.15) is 0 Å². The smallest absolute Gasteiger partial charge is 0.253 e. The molecule has 0 unspecified atom stereocenters. The van der Waals surface area contributed by atoms with Gasteiger partial charge in [0.25, 0.3) is 5.91 Å². The van der Waals surface area contributed by atoms with Crippen LogP contribution in [0.5, 0.6) is 0 Å². The molecule has 1 aliphatic carbocycles. The van der Waals surface area contributed by atoms with Gasteiger partial charge in [-0.3, -0.25) is 9.78 Å². The van der Waals surface area contributed by atoms with E-state index in [9.17, 15) is 4.79 Å². The van der Waals surface area contributed by atoms with Gasteiger partial charge in [0.15, 0.2) is 0 Å². The number of rotatable bonds is 3. The van der Waals surface area contributed by atoms with Crippen molar-refractivity contribution in [2.75, 3.05) is 0 Å². The molecule has 1 amide bonds. The number of hydrogen-bond acceptors (Lipinski definition) is 2. The minimum absolute atomic E-state index is 0.0140. The fourth-order valence-corrected chi connectivity index (χ4v) is 2.08. The lowest BCUT2D eigenvalue weighted by molar-refractivity contribution is 0.0950. The van der Waals surface area contributed by atoms with Crippen molar-refractivity contribution in [3.05, 3.63) is 29.1 Å². The van der Waals surface area contributed by atoms with E-state index in [0.717, 1.165) is 25.0 Å². The largest absolute Gasteiger partial charge is 0.349 e. The highest BCUT2D eigenvalue weighted by atomic mass is 16.1. The van der Waals surface area contributed by atoms with E-state index < -0.39 is 0 Å². The number of carbonyl (C=O) groups is 1. The molecule has 0 aromatic carbocycles. The fourth-order valence-electron chi connectivity index (χ4n) is 2.08. The van der Waals surface area contributed by atoms with E-state index in [-0.39, 0.29) is 11.3 Å². The maximum absolute atomic E-state index is 12.0. The van der Waals surface area contributed by atoms with Gasteiger partial charge in [-0.1, -0.05) is 27.7 Å². The van der Waals surface area contributed by atoms with E-state index in [1.807, 2.05) is 6.07 Å². The first-order valence-corrected chi connectivity index (χ1v) is 6.72. The van der Waals surface area contributed by atoms with Crippen molar-refractivity contribution < 1.29 is 4.79 Å². The van der Waals surface area contributed by atoms with E-state index in [1.165, 1.54) is 5.56 Å². The third-order valence-electron chi connectivity index (χ3n) is 3.23. The Morgan fingerprint density at radius 2 is 2.11 bits per heavy atom. The summed E-state index contributed by atoms with van der Waals surface area (Å²) in [6.07, 6.45) is 4.83. The summed E-state index contributed by atoms with van der Waals surface area (Å²) < 4.78 is 0. The van der Waals surface area contributed by atoms with E-state index >= 15 is 0 Å². The molecule has 1 N–H and O–H groups in total. The van der Waals surface area contributed by atoms with Crippen LogP contribution in [-0.4, -0.2) is 16.9 Å². The summed E-state index contributed by atoms with van der Waals surface area (Å²) >= 11 is 0. The number of carbonyl (C=O) groups excluding carboxylic acids is 1. The minimum Gasteiger partial charge on any atom is -0.349 e. The Bertz CT molecular complexity index is 456. The van der Waals surface area contributed by atoms with Gasteiger partial charge in [-0.15, -0.1) is 0 Å². The van der Waals surface area contributed by atoms with Gasteiger partial charge in [-0.05, 0) is 30.9 Å². The van der Waals surface area contributed by atoms with Crippen LogP contribution < -0.4 is 5.32 Å². The van der Waals surface area contributed by atoms with E-state index in [1.54, 1.807) is 6.20 Å². The van der Waals surface area contributed by atoms with Crippen molar-refractivity contribution in [3.8, 4) is 0 Å². The average Bonchev–Trinajstić information content (AvgIpc) is 3.10. The Morgan fingerprint density at radius 3 is 2.61 bits per heavy atom. The second-order valence-corrected chi connectivity index (χ2v) is 6.08. The molecule has 0 radical (unpaired) electrons. The van der Waals surface area contributed by atoms with Crippen molar-refractivity contribution in [2.45, 2.75) is 58.4 Å². The van der Waals surface area contributed by atoms with Gasteiger partial charge in [-0.25, -0.2) is 0 Å². The minimum atomic E-state index is 0.0140. The summed E-state index contributed by atoms with van der Waals surface area (Å²) in [5.74, 6) is 0.0140. The van der Waals surface area contributed by atoms with Crippen molar-refractivity contribution in [2.24, 2.45) is 0 Å². The molecule has 3 nitrogen and oxygen atoms in total. The van der Waals surface area contributed by atoms with Gasteiger partial charge >= 0.3 is 0 Å². The van der Waals surface area contributed by atoms with Crippen molar-refractivity contribution in [3.63, 3.8) is 0 Å². The maximum Gasteiger partial charge on any atom is 0.253 e. The number of hydrogen-bond donors (Lipinski definition) is 1. The van der Waals surface area contributed by atoms with Crippen LogP contribution >= 0.6 is 0 Å². The SMILES string of the molecule is CCc1cc(C(=O)NC2CC2)cnc1C(C)(C)C. The molecule has 1 aliphatic rings. The zero-order chi connectivity index (χ0) is 13.3. The van der Waals surface area contributed by atoms with Gasteiger partial charge < -0.3 is 5.32 Å². The monoisotopic (exact) mass is 246 g/mol. The molecular weight excluding hydrogens is 224 g/mol. The molecule has 98 valence electrons. The number of amides is 1. The Kier molecular flexibility index (Phi) is 3.42. The molecule has 1 aromatic rings. The highest BCUT2D eigenvalue weighted by Crippen LogP contribution is 2.25. The summed E-state index contributed by atoms with van der Waals surface area (Å²) in [5, 5.41) is 3.00. The predicted molar refractivity (Wildman–Crippen MR) is 72.8 cm³/mol. The van der Waals surface area contributed by atoms with Gasteiger partial charge in [0.1, 0.15) is 0 Å². The first-order chi connectivity index (χ1) is 8.41. The maximum atomic E-state index is 12.0. The summed E-state index contributed by atoms with van der Waals surface area (Å²) in [7, 11) is 0. The van der Waals surface area contributed by atoms with E-state index in [4.69, 9.17) is 0 Å². The molecule has 1 fully saturated rings. The highest BCUT2D eigenvalue weighted by molar-refractivity contribution is 5.94. The molecule has 2 rings (SSSR count). The quantitative estimate of drug-likeness (QED) is 0.891. The zero-order valence-electron chi connectivity index (χ0n) is 11.7. The molecule has 0 aliphatic heterocycles. The standard InChI is InChI=1S/C15H22N2O/c1-5-10-8-11(14(18)17-12-6-7-12)9-16-13(10)15(2,3)4/h8-9,12H,5-7H2,1-4H3,(H,17,18). The molecule has 1 saturated carbocycles. The summed E-state index contributed by atoms with van der Waals surface area (Å²) in [4.78, 5) is 16.5. The first kappa shape index (κ1) is 13.1. The Balaban J connectivity index is 2.26. The van der Waals surface area contributed by atoms with Crippen LogP contribution in [0.4, 0.5) is 0 Å². The Hall–Kier alpha value is -1.38. The van der Waals surface area contributed by atoms with E-state index in [2.05, 4.69) is 38.0 Å². The van der Waals surface area contributed by atoms with Crippen LogP contribution in [0.2, 0.25) is 0 Å². The lowest BCUT2D eigenvalue weighted by Crippen LogP contribution is -2.26. The topological polar surface area (TPSA) is 42.0 Å².